The van der Waals surface area contributed by atoms with E-state index in [2.05, 4.69) is 10.1 Å². The minimum absolute atomic E-state index is 0.0772. The molecule has 0 amide bonds. The number of ether oxygens (including phenoxy) is 1. The molecule has 1 aromatic heterocycles. The van der Waals surface area contributed by atoms with E-state index in [1.807, 2.05) is 0 Å². The average molecular weight is 264 g/mol. The molecule has 0 saturated carbocycles. The fraction of sp³-hybridized carbons (Fsp3) is 0.273. The van der Waals surface area contributed by atoms with Crippen LogP contribution in [0.3, 0.4) is 0 Å². The fourth-order valence-corrected chi connectivity index (χ4v) is 1.74. The molecule has 0 fully saturated rings. The van der Waals surface area contributed by atoms with Crippen molar-refractivity contribution in [3.63, 3.8) is 0 Å². The van der Waals surface area contributed by atoms with E-state index >= 15 is 0 Å². The summed E-state index contributed by atoms with van der Waals surface area (Å²) in [6.45, 7) is -0.315. The molecule has 0 spiro atoms. The molecule has 0 bridgehead atoms. The number of rotatable bonds is 4. The molecule has 0 radical (unpaired) electrons. The summed E-state index contributed by atoms with van der Waals surface area (Å²) in [5.74, 6) is 0.381. The number of aryl methyl sites for hydroxylation is 1. The number of nitrogens with zero attached hydrogens (tertiary/aromatic N) is 4. The van der Waals surface area contributed by atoms with Crippen molar-refractivity contribution in [3.05, 3.63) is 34.1 Å². The third-order valence-corrected chi connectivity index (χ3v) is 2.55. The number of nitro benzene ring substituents is 1. The summed E-state index contributed by atoms with van der Waals surface area (Å²) in [5, 5.41) is 24.3. The Labute approximate surface area is 108 Å². The van der Waals surface area contributed by atoms with Crippen molar-refractivity contribution >= 4 is 5.69 Å². The van der Waals surface area contributed by atoms with Crippen LogP contribution in [0.4, 0.5) is 5.69 Å². The molecule has 1 heterocycles. The zero-order valence-electron chi connectivity index (χ0n) is 10.4. The van der Waals surface area contributed by atoms with Gasteiger partial charge in [0.25, 0.3) is 0 Å². The molecular weight excluding hydrogens is 252 g/mol. The van der Waals surface area contributed by atoms with E-state index < -0.39 is 4.92 Å². The zero-order chi connectivity index (χ0) is 14.0. The van der Waals surface area contributed by atoms with Gasteiger partial charge in [-0.25, -0.2) is 4.98 Å². The zero-order valence-corrected chi connectivity index (χ0v) is 10.4. The van der Waals surface area contributed by atoms with E-state index in [0.29, 0.717) is 17.0 Å². The Morgan fingerprint density at radius 2 is 2.26 bits per heavy atom. The third kappa shape index (κ3) is 2.38. The van der Waals surface area contributed by atoms with Crippen LogP contribution >= 0.6 is 0 Å². The van der Waals surface area contributed by atoms with Gasteiger partial charge in [0, 0.05) is 13.1 Å². The highest BCUT2D eigenvalue weighted by Crippen LogP contribution is 2.37. The molecule has 19 heavy (non-hydrogen) atoms. The quantitative estimate of drug-likeness (QED) is 0.649. The molecule has 0 atom stereocenters. The van der Waals surface area contributed by atoms with E-state index in [0.717, 1.165) is 0 Å². The van der Waals surface area contributed by atoms with Gasteiger partial charge in [-0.05, 0) is 11.6 Å². The maximum Gasteiger partial charge on any atom is 0.312 e. The van der Waals surface area contributed by atoms with Crippen LogP contribution in [0.1, 0.15) is 5.56 Å². The van der Waals surface area contributed by atoms with Gasteiger partial charge in [-0.1, -0.05) is 0 Å². The van der Waals surface area contributed by atoms with Crippen LogP contribution in [0.2, 0.25) is 0 Å². The maximum absolute atomic E-state index is 11.0. The lowest BCUT2D eigenvalue weighted by Crippen LogP contribution is -1.99. The highest BCUT2D eigenvalue weighted by Gasteiger charge is 2.23. The van der Waals surface area contributed by atoms with Gasteiger partial charge in [-0.15, -0.1) is 0 Å². The van der Waals surface area contributed by atoms with E-state index in [1.54, 1.807) is 13.1 Å². The Balaban J connectivity index is 2.70. The molecule has 0 aliphatic carbocycles. The van der Waals surface area contributed by atoms with Gasteiger partial charge < -0.3 is 9.84 Å². The first-order valence-corrected chi connectivity index (χ1v) is 5.39. The fourth-order valence-electron chi connectivity index (χ4n) is 1.74. The molecule has 0 saturated heterocycles. The first kappa shape index (κ1) is 13.0. The van der Waals surface area contributed by atoms with Crippen molar-refractivity contribution in [1.82, 2.24) is 14.8 Å². The molecule has 100 valence electrons. The van der Waals surface area contributed by atoms with Crippen LogP contribution in [0, 0.1) is 10.1 Å². The largest absolute Gasteiger partial charge is 0.490 e. The SMILES string of the molecule is COc1c(-c2ncn(C)n2)cc(CO)cc1[N+](=O)[O-]. The van der Waals surface area contributed by atoms with Crippen LogP contribution in [0.15, 0.2) is 18.5 Å². The van der Waals surface area contributed by atoms with Gasteiger partial charge in [0.15, 0.2) is 5.82 Å². The van der Waals surface area contributed by atoms with Crippen LogP contribution < -0.4 is 4.74 Å². The van der Waals surface area contributed by atoms with Crippen LogP contribution in [0.25, 0.3) is 11.4 Å². The number of nitro groups is 1. The average Bonchev–Trinajstić information content (AvgIpc) is 2.83. The van der Waals surface area contributed by atoms with Crippen molar-refractivity contribution in [1.29, 1.82) is 0 Å². The predicted octanol–water partition coefficient (Wildman–Crippen LogP) is 0.891. The standard InChI is InChI=1S/C11H12N4O4/c1-14-6-12-11(13-14)8-3-7(5-16)4-9(15(17)18)10(8)19-2/h3-4,6,16H,5H2,1-2H3. The molecule has 1 aromatic carbocycles. The summed E-state index contributed by atoms with van der Waals surface area (Å²) in [7, 11) is 3.03. The van der Waals surface area contributed by atoms with Crippen molar-refractivity contribution in [2.75, 3.05) is 7.11 Å². The molecule has 2 aromatic rings. The Hall–Kier alpha value is -2.48. The summed E-state index contributed by atoms with van der Waals surface area (Å²) >= 11 is 0. The number of aliphatic hydroxyl groups excluding tert-OH is 1. The first-order chi connectivity index (χ1) is 9.06. The van der Waals surface area contributed by atoms with Crippen molar-refractivity contribution in [2.45, 2.75) is 6.61 Å². The molecule has 2 rings (SSSR count). The van der Waals surface area contributed by atoms with Crippen LogP contribution in [-0.2, 0) is 13.7 Å². The van der Waals surface area contributed by atoms with Gasteiger partial charge in [0.1, 0.15) is 6.33 Å². The Morgan fingerprint density at radius 3 is 2.74 bits per heavy atom. The number of hydrogen-bond donors (Lipinski definition) is 1. The number of hydrogen-bond acceptors (Lipinski definition) is 6. The Morgan fingerprint density at radius 1 is 1.53 bits per heavy atom. The van der Waals surface area contributed by atoms with Crippen molar-refractivity contribution in [2.24, 2.45) is 7.05 Å². The first-order valence-electron chi connectivity index (χ1n) is 5.39. The van der Waals surface area contributed by atoms with Gasteiger partial charge in [-0.3, -0.25) is 14.8 Å². The van der Waals surface area contributed by atoms with Crippen LogP contribution in [-0.4, -0.2) is 31.9 Å². The number of methoxy groups -OCH3 is 1. The Kier molecular flexibility index (Phi) is 3.43. The van der Waals surface area contributed by atoms with Gasteiger partial charge in [0.05, 0.1) is 24.2 Å². The van der Waals surface area contributed by atoms with E-state index in [1.165, 1.54) is 24.2 Å². The summed E-state index contributed by atoms with van der Waals surface area (Å²) in [5.41, 5.74) is 0.549. The third-order valence-electron chi connectivity index (χ3n) is 2.55. The molecule has 0 aliphatic heterocycles. The number of aromatic nitrogens is 3. The second-order valence-corrected chi connectivity index (χ2v) is 3.85. The van der Waals surface area contributed by atoms with E-state index in [9.17, 15) is 15.2 Å². The lowest BCUT2D eigenvalue weighted by molar-refractivity contribution is -0.385. The van der Waals surface area contributed by atoms with Gasteiger partial charge in [0.2, 0.25) is 5.75 Å². The summed E-state index contributed by atoms with van der Waals surface area (Å²) < 4.78 is 6.57. The monoisotopic (exact) mass is 264 g/mol. The predicted molar refractivity (Wildman–Crippen MR) is 65.6 cm³/mol. The van der Waals surface area contributed by atoms with Gasteiger partial charge in [-0.2, -0.15) is 5.10 Å². The minimum Gasteiger partial charge on any atom is -0.490 e. The molecule has 0 unspecified atom stereocenters. The molecule has 8 heteroatoms. The molecule has 8 nitrogen and oxygen atoms in total. The second kappa shape index (κ2) is 5.02. The van der Waals surface area contributed by atoms with Crippen LogP contribution in [0.5, 0.6) is 5.75 Å². The normalized spacial score (nSPS) is 10.5. The number of aliphatic hydroxyl groups is 1. The molecular formula is C11H12N4O4. The van der Waals surface area contributed by atoms with E-state index in [4.69, 9.17) is 4.74 Å². The Bertz CT molecular complexity index is 623. The molecule has 0 aliphatic rings. The summed E-state index contributed by atoms with van der Waals surface area (Å²) in [4.78, 5) is 14.5. The highest BCUT2D eigenvalue weighted by atomic mass is 16.6. The molecule has 1 N–H and O–H groups in total. The number of benzene rings is 1. The minimum atomic E-state index is -0.565. The maximum atomic E-state index is 11.0. The van der Waals surface area contributed by atoms with E-state index in [-0.39, 0.29) is 18.0 Å². The summed E-state index contributed by atoms with van der Waals surface area (Å²) in [6, 6.07) is 2.84. The second-order valence-electron chi connectivity index (χ2n) is 3.85. The van der Waals surface area contributed by atoms with Gasteiger partial charge >= 0.3 is 5.69 Å². The summed E-state index contributed by atoms with van der Waals surface area (Å²) in [6.07, 6.45) is 1.48. The van der Waals surface area contributed by atoms with Crippen molar-refractivity contribution < 1.29 is 14.8 Å². The lowest BCUT2D eigenvalue weighted by atomic mass is 10.1. The lowest BCUT2D eigenvalue weighted by Gasteiger charge is -2.08. The van der Waals surface area contributed by atoms with Crippen molar-refractivity contribution in [3.8, 4) is 17.1 Å². The highest BCUT2D eigenvalue weighted by molar-refractivity contribution is 5.72. The smallest absolute Gasteiger partial charge is 0.312 e. The topological polar surface area (TPSA) is 103 Å².